The van der Waals surface area contributed by atoms with Crippen LogP contribution in [0.1, 0.15) is 82.8 Å². The van der Waals surface area contributed by atoms with Crippen molar-refractivity contribution >= 4 is 26.2 Å². The van der Waals surface area contributed by atoms with Crippen LogP contribution in [0.5, 0.6) is 5.75 Å². The molecule has 1 saturated heterocycles. The van der Waals surface area contributed by atoms with Gasteiger partial charge in [-0.3, -0.25) is 9.59 Å². The van der Waals surface area contributed by atoms with Crippen molar-refractivity contribution in [2.45, 2.75) is 104 Å². The fraction of sp³-hybridized carbons (Fsp3) is 0.571. The van der Waals surface area contributed by atoms with E-state index in [0.717, 1.165) is 37.1 Å². The Morgan fingerprint density at radius 2 is 1.49 bits per heavy atom. The summed E-state index contributed by atoms with van der Waals surface area (Å²) in [6, 6.07) is 14.4. The van der Waals surface area contributed by atoms with E-state index in [-0.39, 0.29) is 29.6 Å². The highest BCUT2D eigenvalue weighted by atomic mass is 28.4. The van der Waals surface area contributed by atoms with Crippen LogP contribution < -0.4 is 15.4 Å². The minimum atomic E-state index is -1.81. The van der Waals surface area contributed by atoms with Gasteiger partial charge in [0.05, 0.1) is 0 Å². The zero-order chi connectivity index (χ0) is 33.4. The molecule has 2 atom stereocenters. The summed E-state index contributed by atoms with van der Waals surface area (Å²) in [5.41, 5.74) is 1.74. The van der Waals surface area contributed by atoms with E-state index in [0.29, 0.717) is 30.3 Å². The van der Waals surface area contributed by atoms with Gasteiger partial charge in [0, 0.05) is 37.8 Å². The summed E-state index contributed by atoms with van der Waals surface area (Å²) in [7, 11) is -1.81. The highest BCUT2D eigenvalue weighted by molar-refractivity contribution is 6.74. The molecule has 2 N–H and O–H groups in total. The van der Waals surface area contributed by atoms with Crippen LogP contribution in [-0.2, 0) is 27.0 Å². The molecule has 3 amide bonds. The molecule has 0 bridgehead atoms. The van der Waals surface area contributed by atoms with Gasteiger partial charge >= 0.3 is 6.09 Å². The monoisotopic (exact) mass is 639 g/mol. The Morgan fingerprint density at radius 1 is 0.911 bits per heavy atom. The van der Waals surface area contributed by atoms with Gasteiger partial charge in [-0.05, 0) is 100.0 Å². The molecule has 3 rings (SSSR count). The van der Waals surface area contributed by atoms with E-state index < -0.39 is 20.0 Å². The quantitative estimate of drug-likeness (QED) is 0.251. The standard InChI is InChI=1S/C35H53N3O6Si/c1-25(44-45(8,9)35(5,6)7)20-28-18-19-38(23-28)31(39)24-42-30-16-12-27(13-17-30)21-36-32(40)29-14-10-26(11-15-29)22-37-33(41)43-34(2,3)4/h10-17,25,28H,18-24H2,1-9H3,(H,36,40)(H,37,41)/t25-,28-/m0/s1. The Labute approximate surface area is 270 Å². The first-order valence-electron chi connectivity index (χ1n) is 15.9. The normalized spacial score (nSPS) is 16.2. The summed E-state index contributed by atoms with van der Waals surface area (Å²) in [5, 5.41) is 5.80. The van der Waals surface area contributed by atoms with E-state index in [1.807, 2.05) is 49.9 Å². The van der Waals surface area contributed by atoms with Crippen LogP contribution in [0, 0.1) is 5.92 Å². The Bertz CT molecular complexity index is 1280. The molecule has 0 spiro atoms. The topological polar surface area (TPSA) is 106 Å². The number of amides is 3. The number of alkyl carbamates (subject to hydrolysis) is 1. The molecule has 9 nitrogen and oxygen atoms in total. The lowest BCUT2D eigenvalue weighted by Gasteiger charge is -2.39. The van der Waals surface area contributed by atoms with Gasteiger partial charge < -0.3 is 29.4 Å². The molecule has 248 valence electrons. The summed E-state index contributed by atoms with van der Waals surface area (Å²) in [6.45, 7) is 21.1. The van der Waals surface area contributed by atoms with Gasteiger partial charge in [0.25, 0.3) is 11.8 Å². The molecule has 2 aromatic rings. The van der Waals surface area contributed by atoms with Crippen LogP contribution in [0.2, 0.25) is 18.1 Å². The highest BCUT2D eigenvalue weighted by Crippen LogP contribution is 2.38. The van der Waals surface area contributed by atoms with Gasteiger partial charge in [-0.2, -0.15) is 0 Å². The molecule has 0 aromatic heterocycles. The third-order valence-corrected chi connectivity index (χ3v) is 13.0. The number of hydrogen-bond acceptors (Lipinski definition) is 6. The number of benzene rings is 2. The van der Waals surface area contributed by atoms with Gasteiger partial charge in [-0.15, -0.1) is 0 Å². The molecule has 0 saturated carbocycles. The average Bonchev–Trinajstić information content (AvgIpc) is 3.41. The lowest BCUT2D eigenvalue weighted by Crippen LogP contribution is -2.43. The summed E-state index contributed by atoms with van der Waals surface area (Å²) in [5.74, 6) is 0.861. The van der Waals surface area contributed by atoms with Crippen LogP contribution in [0.4, 0.5) is 4.79 Å². The number of ether oxygens (including phenoxy) is 2. The van der Waals surface area contributed by atoms with Crippen LogP contribution >= 0.6 is 0 Å². The second kappa shape index (κ2) is 15.3. The molecule has 1 aliphatic rings. The molecular formula is C35H53N3O6Si. The van der Waals surface area contributed by atoms with Crippen molar-refractivity contribution in [1.82, 2.24) is 15.5 Å². The fourth-order valence-corrected chi connectivity index (χ4v) is 6.39. The maximum absolute atomic E-state index is 12.8. The first-order chi connectivity index (χ1) is 20.9. The van der Waals surface area contributed by atoms with Crippen molar-refractivity contribution in [2.75, 3.05) is 19.7 Å². The molecular weight excluding hydrogens is 586 g/mol. The predicted molar refractivity (Wildman–Crippen MR) is 180 cm³/mol. The number of carbonyl (C=O) groups is 3. The van der Waals surface area contributed by atoms with Gasteiger partial charge in [0.15, 0.2) is 14.9 Å². The van der Waals surface area contributed by atoms with Crippen molar-refractivity contribution in [3.8, 4) is 5.75 Å². The minimum absolute atomic E-state index is 0.00144. The van der Waals surface area contributed by atoms with Crippen molar-refractivity contribution < 1.29 is 28.3 Å². The lowest BCUT2D eigenvalue weighted by atomic mass is 10.0. The molecule has 0 radical (unpaired) electrons. The summed E-state index contributed by atoms with van der Waals surface area (Å²) < 4.78 is 17.6. The summed E-state index contributed by atoms with van der Waals surface area (Å²) >= 11 is 0. The summed E-state index contributed by atoms with van der Waals surface area (Å²) in [4.78, 5) is 39.2. The SMILES string of the molecule is C[C@@H](C[C@@H]1CCN(C(=O)COc2ccc(CNC(=O)c3ccc(CNC(=O)OC(C)(C)C)cc3)cc2)C1)O[Si](C)(C)C(C)(C)C. The number of hydrogen-bond donors (Lipinski definition) is 2. The maximum atomic E-state index is 12.8. The summed E-state index contributed by atoms with van der Waals surface area (Å²) in [6.07, 6.45) is 1.66. The second-order valence-electron chi connectivity index (χ2n) is 14.6. The Kier molecular flexibility index (Phi) is 12.3. The number of nitrogens with one attached hydrogen (secondary N) is 2. The van der Waals surface area contributed by atoms with Gasteiger partial charge in [-0.25, -0.2) is 4.79 Å². The molecule has 1 aliphatic heterocycles. The second-order valence-corrected chi connectivity index (χ2v) is 19.3. The van der Waals surface area contributed by atoms with E-state index >= 15 is 0 Å². The zero-order valence-electron chi connectivity index (χ0n) is 28.6. The van der Waals surface area contributed by atoms with Crippen molar-refractivity contribution in [3.63, 3.8) is 0 Å². The maximum Gasteiger partial charge on any atom is 0.407 e. The zero-order valence-corrected chi connectivity index (χ0v) is 29.6. The molecule has 45 heavy (non-hydrogen) atoms. The molecule has 0 aliphatic carbocycles. The van der Waals surface area contributed by atoms with Gasteiger partial charge in [0.2, 0.25) is 0 Å². The molecule has 1 fully saturated rings. The molecule has 0 unspecified atom stereocenters. The van der Waals surface area contributed by atoms with Crippen LogP contribution in [0.25, 0.3) is 0 Å². The number of nitrogens with zero attached hydrogens (tertiary/aromatic N) is 1. The van der Waals surface area contributed by atoms with E-state index in [1.165, 1.54) is 0 Å². The Hall–Kier alpha value is -3.37. The minimum Gasteiger partial charge on any atom is -0.484 e. The smallest absolute Gasteiger partial charge is 0.407 e. The van der Waals surface area contributed by atoms with Crippen molar-refractivity contribution in [2.24, 2.45) is 5.92 Å². The van der Waals surface area contributed by atoms with Gasteiger partial charge in [-0.1, -0.05) is 45.0 Å². The molecule has 10 heteroatoms. The van der Waals surface area contributed by atoms with Gasteiger partial charge in [0.1, 0.15) is 11.4 Å². The largest absolute Gasteiger partial charge is 0.484 e. The Balaban J connectivity index is 1.37. The number of likely N-dealkylation sites (tertiary alicyclic amines) is 1. The Morgan fingerprint density at radius 3 is 2.07 bits per heavy atom. The van der Waals surface area contributed by atoms with Crippen LogP contribution in [0.3, 0.4) is 0 Å². The third kappa shape index (κ3) is 11.8. The fourth-order valence-electron chi connectivity index (χ4n) is 4.94. The number of rotatable bonds is 12. The molecule has 2 aromatic carbocycles. The van der Waals surface area contributed by atoms with E-state index in [1.54, 1.807) is 24.3 Å². The van der Waals surface area contributed by atoms with Crippen molar-refractivity contribution in [3.05, 3.63) is 65.2 Å². The predicted octanol–water partition coefficient (Wildman–Crippen LogP) is 6.67. The van der Waals surface area contributed by atoms with E-state index in [9.17, 15) is 14.4 Å². The van der Waals surface area contributed by atoms with Crippen molar-refractivity contribution in [1.29, 1.82) is 0 Å². The van der Waals surface area contributed by atoms with E-state index in [2.05, 4.69) is 51.4 Å². The van der Waals surface area contributed by atoms with Crippen LogP contribution in [0.15, 0.2) is 48.5 Å². The first kappa shape index (κ1) is 36.1. The average molecular weight is 640 g/mol. The number of carbonyl (C=O) groups excluding carboxylic acids is 3. The molecule has 1 heterocycles. The van der Waals surface area contributed by atoms with Crippen LogP contribution in [-0.4, -0.2) is 62.5 Å². The van der Waals surface area contributed by atoms with E-state index in [4.69, 9.17) is 13.9 Å². The third-order valence-electron chi connectivity index (χ3n) is 8.40. The first-order valence-corrected chi connectivity index (χ1v) is 18.8. The highest BCUT2D eigenvalue weighted by Gasteiger charge is 2.39. The lowest BCUT2D eigenvalue weighted by molar-refractivity contribution is -0.132.